The quantitative estimate of drug-likeness (QED) is 0.911. The Morgan fingerprint density at radius 3 is 3.00 bits per heavy atom. The van der Waals surface area contributed by atoms with Gasteiger partial charge in [0.1, 0.15) is 0 Å². The lowest BCUT2D eigenvalue weighted by atomic mass is 9.95. The van der Waals surface area contributed by atoms with E-state index in [1.54, 1.807) is 0 Å². The number of hydrogen-bond acceptors (Lipinski definition) is 3. The van der Waals surface area contributed by atoms with E-state index in [2.05, 4.69) is 41.4 Å². The molecule has 110 valence electrons. The number of ether oxygens (including phenoxy) is 1. The molecule has 0 saturated carbocycles. The third kappa shape index (κ3) is 3.40. The van der Waals surface area contributed by atoms with Gasteiger partial charge in [-0.2, -0.15) is 0 Å². The smallest absolute Gasteiger partial charge is 0.0702 e. The third-order valence-electron chi connectivity index (χ3n) is 4.51. The molecule has 2 heterocycles. The highest BCUT2D eigenvalue weighted by Gasteiger charge is 2.24. The summed E-state index contributed by atoms with van der Waals surface area (Å²) in [6.07, 6.45) is 4.11. The van der Waals surface area contributed by atoms with Crippen LogP contribution in [0.1, 0.15) is 30.9 Å². The Balaban J connectivity index is 1.54. The predicted octanol–water partition coefficient (Wildman–Crippen LogP) is 2.20. The summed E-state index contributed by atoms with van der Waals surface area (Å²) in [6, 6.07) is 9.41. The minimum absolute atomic E-state index is 0.449. The summed E-state index contributed by atoms with van der Waals surface area (Å²) in [5, 5.41) is 3.69. The SMILES string of the molecule is CCOC1CCCN(CC2Cc3ccccc3CN2)C1. The van der Waals surface area contributed by atoms with E-state index in [9.17, 15) is 0 Å². The van der Waals surface area contributed by atoms with Crippen molar-refractivity contribution in [2.45, 2.75) is 44.9 Å². The number of piperidine rings is 1. The summed E-state index contributed by atoms with van der Waals surface area (Å²) in [5.41, 5.74) is 2.99. The molecule has 2 atom stereocenters. The lowest BCUT2D eigenvalue weighted by Crippen LogP contribution is -2.49. The van der Waals surface area contributed by atoms with Crippen LogP contribution in [0.2, 0.25) is 0 Å². The van der Waals surface area contributed by atoms with E-state index in [0.29, 0.717) is 12.1 Å². The molecule has 2 unspecified atom stereocenters. The van der Waals surface area contributed by atoms with E-state index in [4.69, 9.17) is 4.74 Å². The number of rotatable bonds is 4. The van der Waals surface area contributed by atoms with Gasteiger partial charge in [-0.3, -0.25) is 4.90 Å². The Morgan fingerprint density at radius 1 is 1.30 bits per heavy atom. The first-order valence-corrected chi connectivity index (χ1v) is 7.99. The fourth-order valence-corrected chi connectivity index (χ4v) is 3.51. The summed E-state index contributed by atoms with van der Waals surface area (Å²) in [5.74, 6) is 0. The van der Waals surface area contributed by atoms with E-state index in [1.807, 2.05) is 0 Å². The van der Waals surface area contributed by atoms with Crippen molar-refractivity contribution in [2.24, 2.45) is 0 Å². The molecule has 0 aliphatic carbocycles. The van der Waals surface area contributed by atoms with Crippen LogP contribution < -0.4 is 5.32 Å². The number of benzene rings is 1. The van der Waals surface area contributed by atoms with Gasteiger partial charge in [0.15, 0.2) is 0 Å². The summed E-state index contributed by atoms with van der Waals surface area (Å²) >= 11 is 0. The number of fused-ring (bicyclic) bond motifs is 1. The van der Waals surface area contributed by atoms with Gasteiger partial charge in [-0.1, -0.05) is 24.3 Å². The second-order valence-electron chi connectivity index (χ2n) is 6.03. The summed E-state index contributed by atoms with van der Waals surface area (Å²) in [7, 11) is 0. The zero-order chi connectivity index (χ0) is 13.8. The number of hydrogen-bond donors (Lipinski definition) is 1. The molecule has 2 aliphatic heterocycles. The fraction of sp³-hybridized carbons (Fsp3) is 0.647. The lowest BCUT2D eigenvalue weighted by Gasteiger charge is -2.36. The monoisotopic (exact) mass is 274 g/mol. The van der Waals surface area contributed by atoms with Gasteiger partial charge < -0.3 is 10.1 Å². The third-order valence-corrected chi connectivity index (χ3v) is 4.51. The van der Waals surface area contributed by atoms with Crippen LogP contribution >= 0.6 is 0 Å². The van der Waals surface area contributed by atoms with E-state index in [1.165, 1.54) is 30.5 Å². The molecule has 0 amide bonds. The minimum Gasteiger partial charge on any atom is -0.377 e. The van der Waals surface area contributed by atoms with E-state index >= 15 is 0 Å². The topological polar surface area (TPSA) is 24.5 Å². The molecule has 1 fully saturated rings. The molecule has 3 rings (SSSR count). The van der Waals surface area contributed by atoms with Crippen molar-refractivity contribution >= 4 is 0 Å². The average molecular weight is 274 g/mol. The van der Waals surface area contributed by atoms with Crippen LogP contribution in [-0.4, -0.2) is 43.3 Å². The van der Waals surface area contributed by atoms with Gasteiger partial charge in [0.05, 0.1) is 6.10 Å². The number of nitrogens with one attached hydrogen (secondary N) is 1. The largest absolute Gasteiger partial charge is 0.377 e. The molecule has 2 aliphatic rings. The van der Waals surface area contributed by atoms with Crippen LogP contribution in [0, 0.1) is 0 Å². The zero-order valence-corrected chi connectivity index (χ0v) is 12.5. The highest BCUT2D eigenvalue weighted by molar-refractivity contribution is 5.29. The van der Waals surface area contributed by atoms with Crippen molar-refractivity contribution in [3.8, 4) is 0 Å². The van der Waals surface area contributed by atoms with Gasteiger partial charge in [0.25, 0.3) is 0 Å². The minimum atomic E-state index is 0.449. The Hall–Kier alpha value is -0.900. The summed E-state index contributed by atoms with van der Waals surface area (Å²) < 4.78 is 5.80. The number of likely N-dealkylation sites (tertiary alicyclic amines) is 1. The molecule has 1 aromatic rings. The predicted molar refractivity (Wildman–Crippen MR) is 81.9 cm³/mol. The van der Waals surface area contributed by atoms with Crippen LogP contribution in [0.3, 0.4) is 0 Å². The van der Waals surface area contributed by atoms with Gasteiger partial charge in [-0.05, 0) is 43.9 Å². The second-order valence-corrected chi connectivity index (χ2v) is 6.03. The molecule has 0 radical (unpaired) electrons. The maximum absolute atomic E-state index is 5.80. The molecule has 1 saturated heterocycles. The van der Waals surface area contributed by atoms with Crippen molar-refractivity contribution < 1.29 is 4.74 Å². The maximum atomic E-state index is 5.80. The van der Waals surface area contributed by atoms with E-state index < -0.39 is 0 Å². The molecule has 0 bridgehead atoms. The van der Waals surface area contributed by atoms with Crippen LogP contribution in [-0.2, 0) is 17.7 Å². The van der Waals surface area contributed by atoms with E-state index in [-0.39, 0.29) is 0 Å². The normalized spacial score (nSPS) is 27.2. The van der Waals surface area contributed by atoms with Gasteiger partial charge in [0, 0.05) is 32.3 Å². The Kier molecular flexibility index (Phi) is 4.71. The van der Waals surface area contributed by atoms with Crippen LogP contribution in [0.15, 0.2) is 24.3 Å². The van der Waals surface area contributed by atoms with Gasteiger partial charge in [-0.25, -0.2) is 0 Å². The molecule has 3 nitrogen and oxygen atoms in total. The molecule has 0 spiro atoms. The van der Waals surface area contributed by atoms with E-state index in [0.717, 1.165) is 32.7 Å². The highest BCUT2D eigenvalue weighted by Crippen LogP contribution is 2.19. The van der Waals surface area contributed by atoms with Crippen molar-refractivity contribution in [3.05, 3.63) is 35.4 Å². The lowest BCUT2D eigenvalue weighted by molar-refractivity contribution is 0.00334. The second kappa shape index (κ2) is 6.70. The van der Waals surface area contributed by atoms with Crippen LogP contribution in [0.4, 0.5) is 0 Å². The maximum Gasteiger partial charge on any atom is 0.0702 e. The van der Waals surface area contributed by atoms with Crippen molar-refractivity contribution in [1.29, 1.82) is 0 Å². The Labute approximate surface area is 122 Å². The van der Waals surface area contributed by atoms with Crippen LogP contribution in [0.5, 0.6) is 0 Å². The average Bonchev–Trinajstić information content (AvgIpc) is 2.48. The highest BCUT2D eigenvalue weighted by atomic mass is 16.5. The first-order chi connectivity index (χ1) is 9.85. The number of nitrogens with zero attached hydrogens (tertiary/aromatic N) is 1. The molecule has 1 aromatic carbocycles. The molecule has 0 aromatic heterocycles. The molecule has 20 heavy (non-hydrogen) atoms. The Bertz CT molecular complexity index is 433. The van der Waals surface area contributed by atoms with Crippen molar-refractivity contribution in [3.63, 3.8) is 0 Å². The summed E-state index contributed by atoms with van der Waals surface area (Å²) in [4.78, 5) is 2.58. The Morgan fingerprint density at radius 2 is 2.15 bits per heavy atom. The molecular formula is C17H26N2O. The fourth-order valence-electron chi connectivity index (χ4n) is 3.51. The van der Waals surface area contributed by atoms with Gasteiger partial charge in [0.2, 0.25) is 0 Å². The van der Waals surface area contributed by atoms with Crippen molar-refractivity contribution in [1.82, 2.24) is 10.2 Å². The summed E-state index contributed by atoms with van der Waals surface area (Å²) in [6.45, 7) is 7.44. The first kappa shape index (κ1) is 14.1. The molecular weight excluding hydrogens is 248 g/mol. The molecule has 1 N–H and O–H groups in total. The zero-order valence-electron chi connectivity index (χ0n) is 12.5. The van der Waals surface area contributed by atoms with Crippen LogP contribution in [0.25, 0.3) is 0 Å². The van der Waals surface area contributed by atoms with Gasteiger partial charge in [-0.15, -0.1) is 0 Å². The standard InChI is InChI=1S/C17H26N2O/c1-2-20-17-8-5-9-19(13-17)12-16-10-14-6-3-4-7-15(14)11-18-16/h3-4,6-7,16-18H,2,5,8-13H2,1H3. The first-order valence-electron chi connectivity index (χ1n) is 7.99. The molecule has 3 heteroatoms. The van der Waals surface area contributed by atoms with Gasteiger partial charge >= 0.3 is 0 Å². The van der Waals surface area contributed by atoms with Crippen molar-refractivity contribution in [2.75, 3.05) is 26.2 Å².